The van der Waals surface area contributed by atoms with Gasteiger partial charge in [0, 0.05) is 17.4 Å². The number of anilines is 2. The van der Waals surface area contributed by atoms with E-state index in [1.54, 1.807) is 0 Å². The smallest absolute Gasteiger partial charge is 0.340 e. The van der Waals surface area contributed by atoms with Crippen molar-refractivity contribution in [2.45, 2.75) is 38.8 Å². The largest absolute Gasteiger partial charge is 0.419 e. The Morgan fingerprint density at radius 1 is 1.16 bits per heavy atom. The molecule has 1 heterocycles. The third kappa shape index (κ3) is 3.50. The normalized spacial score (nSPS) is 14.1. The number of carbonyl (C=O) groups excluding carboxylic acids is 1. The number of carbonyl (C=O) groups is 1. The monoisotopic (exact) mass is 352 g/mol. The number of hydrogen-bond acceptors (Lipinski definition) is 3. The van der Waals surface area contributed by atoms with Gasteiger partial charge < -0.3 is 5.32 Å². The molecule has 25 heavy (non-hydrogen) atoms. The number of ketones is 1. The third-order valence-corrected chi connectivity index (χ3v) is 4.32. The predicted molar refractivity (Wildman–Crippen MR) is 85.6 cm³/mol. The highest BCUT2D eigenvalue weighted by molar-refractivity contribution is 5.96. The summed E-state index contributed by atoms with van der Waals surface area (Å²) in [7, 11) is 0. The lowest BCUT2D eigenvalue weighted by Gasteiger charge is -2.22. The summed E-state index contributed by atoms with van der Waals surface area (Å²) < 4.78 is 52.0. The Morgan fingerprint density at radius 3 is 2.48 bits per heavy atom. The third-order valence-electron chi connectivity index (χ3n) is 4.32. The fraction of sp³-hybridized carbons (Fsp3) is 0.333. The average Bonchev–Trinajstić information content (AvgIpc) is 2.55. The highest BCUT2D eigenvalue weighted by Crippen LogP contribution is 2.35. The molecule has 7 heteroatoms. The maximum Gasteiger partial charge on any atom is 0.419 e. The lowest BCUT2D eigenvalue weighted by atomic mass is 9.88. The van der Waals surface area contributed by atoms with Crippen molar-refractivity contribution in [2.75, 3.05) is 5.32 Å². The van der Waals surface area contributed by atoms with E-state index in [4.69, 9.17) is 0 Å². The van der Waals surface area contributed by atoms with Crippen LogP contribution in [0, 0.1) is 5.82 Å². The highest BCUT2D eigenvalue weighted by atomic mass is 19.4. The van der Waals surface area contributed by atoms with Gasteiger partial charge in [0.15, 0.2) is 5.78 Å². The van der Waals surface area contributed by atoms with Crippen molar-refractivity contribution < 1.29 is 22.4 Å². The van der Waals surface area contributed by atoms with Crippen LogP contribution in [-0.4, -0.2) is 10.8 Å². The van der Waals surface area contributed by atoms with Crippen LogP contribution in [0.25, 0.3) is 0 Å². The van der Waals surface area contributed by atoms with Gasteiger partial charge in [0.1, 0.15) is 11.6 Å². The molecule has 0 radical (unpaired) electrons. The fourth-order valence-corrected chi connectivity index (χ4v) is 3.12. The maximum atomic E-state index is 13.4. The van der Waals surface area contributed by atoms with Crippen molar-refractivity contribution in [3.63, 3.8) is 0 Å². The number of Topliss-reactive ketones (excluding diaryl/α,β-unsaturated/α-hetero) is 1. The topological polar surface area (TPSA) is 42.0 Å². The van der Waals surface area contributed by atoms with Crippen LogP contribution in [0.15, 0.2) is 24.4 Å². The van der Waals surface area contributed by atoms with Gasteiger partial charge in [0.05, 0.1) is 5.56 Å². The quantitative estimate of drug-likeness (QED) is 0.620. The number of benzene rings is 1. The summed E-state index contributed by atoms with van der Waals surface area (Å²) in [6.07, 6.45) is -0.0264. The minimum atomic E-state index is -4.77. The SMILES string of the molecule is CC(=O)c1cnc(Nc2ccc(F)c(C(F)(F)F)c2)c2c1CCCC2. The molecule has 0 aliphatic heterocycles. The molecule has 1 aliphatic carbocycles. The number of halogens is 4. The number of alkyl halides is 3. The Hall–Kier alpha value is -2.44. The van der Waals surface area contributed by atoms with Crippen LogP contribution < -0.4 is 5.32 Å². The Morgan fingerprint density at radius 2 is 1.84 bits per heavy atom. The van der Waals surface area contributed by atoms with Crippen molar-refractivity contribution in [2.24, 2.45) is 0 Å². The van der Waals surface area contributed by atoms with Gasteiger partial charge >= 0.3 is 6.18 Å². The van der Waals surface area contributed by atoms with Crippen LogP contribution in [0.4, 0.5) is 29.1 Å². The van der Waals surface area contributed by atoms with Crippen molar-refractivity contribution in [1.82, 2.24) is 4.98 Å². The standard InChI is InChI=1S/C18H16F4N2O/c1-10(25)14-9-23-17(13-5-3-2-4-12(13)14)24-11-6-7-16(19)15(8-11)18(20,21)22/h6-9H,2-5H2,1H3,(H,23,24). The minimum absolute atomic E-state index is 0.0849. The molecule has 2 aromatic rings. The summed E-state index contributed by atoms with van der Waals surface area (Å²) in [5.74, 6) is -0.988. The summed E-state index contributed by atoms with van der Waals surface area (Å²) >= 11 is 0. The highest BCUT2D eigenvalue weighted by Gasteiger charge is 2.34. The van der Waals surface area contributed by atoms with Crippen molar-refractivity contribution in [3.05, 3.63) is 52.5 Å². The second-order valence-corrected chi connectivity index (χ2v) is 6.06. The Kier molecular flexibility index (Phi) is 4.49. The minimum Gasteiger partial charge on any atom is -0.340 e. The maximum absolute atomic E-state index is 13.4. The fourth-order valence-electron chi connectivity index (χ4n) is 3.12. The van der Waals surface area contributed by atoms with Crippen molar-refractivity contribution in [1.29, 1.82) is 0 Å². The van der Waals surface area contributed by atoms with Gasteiger partial charge in [-0.05, 0) is 61.9 Å². The Balaban J connectivity index is 2.01. The number of fused-ring (bicyclic) bond motifs is 1. The van der Waals surface area contributed by atoms with E-state index in [9.17, 15) is 22.4 Å². The van der Waals surface area contributed by atoms with Gasteiger partial charge in [-0.25, -0.2) is 9.37 Å². The molecule has 1 aromatic carbocycles. The molecule has 0 spiro atoms. The Bertz CT molecular complexity index is 831. The van der Waals surface area contributed by atoms with Gasteiger partial charge in [-0.15, -0.1) is 0 Å². The zero-order valence-electron chi connectivity index (χ0n) is 13.5. The molecule has 1 aromatic heterocycles. The van der Waals surface area contributed by atoms with Crippen LogP contribution in [0.2, 0.25) is 0 Å². The van der Waals surface area contributed by atoms with Gasteiger partial charge in [0.2, 0.25) is 0 Å². The number of nitrogens with one attached hydrogen (secondary N) is 1. The molecule has 0 fully saturated rings. The van der Waals surface area contributed by atoms with Crippen LogP contribution >= 0.6 is 0 Å². The molecule has 0 unspecified atom stereocenters. The summed E-state index contributed by atoms with van der Waals surface area (Å²) in [4.78, 5) is 16.0. The molecule has 0 saturated heterocycles. The molecule has 3 nitrogen and oxygen atoms in total. The van der Waals surface area contributed by atoms with E-state index in [0.29, 0.717) is 17.8 Å². The zero-order chi connectivity index (χ0) is 18.2. The number of pyridine rings is 1. The van der Waals surface area contributed by atoms with Crippen LogP contribution in [-0.2, 0) is 19.0 Å². The molecular weight excluding hydrogens is 336 g/mol. The summed E-state index contributed by atoms with van der Waals surface area (Å²) in [6.45, 7) is 1.47. The first-order valence-electron chi connectivity index (χ1n) is 7.93. The van der Waals surface area contributed by atoms with E-state index in [1.165, 1.54) is 19.2 Å². The molecule has 3 rings (SSSR count). The molecule has 0 bridgehead atoms. The molecule has 0 atom stereocenters. The number of aromatic nitrogens is 1. The van der Waals surface area contributed by atoms with E-state index in [1.807, 2.05) is 0 Å². The number of nitrogens with zero attached hydrogens (tertiary/aromatic N) is 1. The van der Waals surface area contributed by atoms with Crippen LogP contribution in [0.3, 0.4) is 0 Å². The second kappa shape index (κ2) is 6.46. The van der Waals surface area contributed by atoms with E-state index in [0.717, 1.165) is 42.5 Å². The van der Waals surface area contributed by atoms with Gasteiger partial charge in [-0.1, -0.05) is 0 Å². The summed E-state index contributed by atoms with van der Waals surface area (Å²) in [5.41, 5.74) is 1.07. The first-order chi connectivity index (χ1) is 11.8. The number of hydrogen-bond donors (Lipinski definition) is 1. The predicted octanol–water partition coefficient (Wildman–Crippen LogP) is 5.06. The lowest BCUT2D eigenvalue weighted by molar-refractivity contribution is -0.139. The lowest BCUT2D eigenvalue weighted by Crippen LogP contribution is -2.14. The molecule has 1 aliphatic rings. The van der Waals surface area contributed by atoms with Crippen LogP contribution in [0.1, 0.15) is 46.8 Å². The van der Waals surface area contributed by atoms with Gasteiger partial charge in [0.25, 0.3) is 0 Å². The average molecular weight is 352 g/mol. The van der Waals surface area contributed by atoms with E-state index in [2.05, 4.69) is 10.3 Å². The Labute approximate surface area is 142 Å². The zero-order valence-corrected chi connectivity index (χ0v) is 13.5. The van der Waals surface area contributed by atoms with Crippen molar-refractivity contribution >= 4 is 17.3 Å². The van der Waals surface area contributed by atoms with E-state index in [-0.39, 0.29) is 11.5 Å². The second-order valence-electron chi connectivity index (χ2n) is 6.06. The first-order valence-corrected chi connectivity index (χ1v) is 7.93. The summed E-state index contributed by atoms with van der Waals surface area (Å²) in [5, 5.41) is 2.85. The van der Waals surface area contributed by atoms with E-state index < -0.39 is 17.6 Å². The molecule has 0 saturated carbocycles. The van der Waals surface area contributed by atoms with Crippen LogP contribution in [0.5, 0.6) is 0 Å². The van der Waals surface area contributed by atoms with Crippen molar-refractivity contribution in [3.8, 4) is 0 Å². The van der Waals surface area contributed by atoms with Gasteiger partial charge in [-0.3, -0.25) is 4.79 Å². The summed E-state index contributed by atoms with van der Waals surface area (Å²) in [6, 6.07) is 2.74. The molecule has 132 valence electrons. The molecular formula is C18H16F4N2O. The first kappa shape index (κ1) is 17.4. The molecule has 0 amide bonds. The van der Waals surface area contributed by atoms with Gasteiger partial charge in [-0.2, -0.15) is 13.2 Å². The molecule has 1 N–H and O–H groups in total. The van der Waals surface area contributed by atoms with E-state index >= 15 is 0 Å². The number of rotatable bonds is 3.